The molecule has 0 fully saturated rings. The molecule has 2 heterocycles. The van der Waals surface area contributed by atoms with E-state index in [1.54, 1.807) is 6.26 Å². The maximum atomic E-state index is 5.62. The van der Waals surface area contributed by atoms with E-state index in [0.29, 0.717) is 11.6 Å². The first-order valence-electron chi connectivity index (χ1n) is 6.84. The van der Waals surface area contributed by atoms with Crippen molar-refractivity contribution in [2.24, 2.45) is 0 Å². The van der Waals surface area contributed by atoms with Crippen molar-refractivity contribution in [3.63, 3.8) is 0 Å². The van der Waals surface area contributed by atoms with Crippen LogP contribution in [0.5, 0.6) is 0 Å². The standard InChI is InChI=1S/C16H12N4O2/c1-2-6-12(7-3-1)16-17-13(10-21-16)11-22-20-15-9-5-4-8-14(15)18-19-20/h1-10H,11H2. The third-order valence-corrected chi connectivity index (χ3v) is 3.23. The number of hydrogen-bond donors (Lipinski definition) is 0. The molecule has 0 spiro atoms. The monoisotopic (exact) mass is 292 g/mol. The number of hydrogen-bond acceptors (Lipinski definition) is 5. The van der Waals surface area contributed by atoms with E-state index in [1.807, 2.05) is 54.6 Å². The number of oxazole rings is 1. The Bertz CT molecular complexity index is 899. The Labute approximate surface area is 125 Å². The minimum atomic E-state index is 0.254. The molecule has 0 atom stereocenters. The molecule has 0 aliphatic heterocycles. The van der Waals surface area contributed by atoms with Crippen molar-refractivity contribution in [1.82, 2.24) is 20.1 Å². The second kappa shape index (κ2) is 5.33. The van der Waals surface area contributed by atoms with Crippen LogP contribution >= 0.6 is 0 Å². The van der Waals surface area contributed by atoms with E-state index in [0.717, 1.165) is 16.6 Å². The van der Waals surface area contributed by atoms with Crippen molar-refractivity contribution < 1.29 is 9.25 Å². The molecule has 108 valence electrons. The molecule has 0 aliphatic rings. The van der Waals surface area contributed by atoms with Crippen LogP contribution in [-0.4, -0.2) is 20.1 Å². The van der Waals surface area contributed by atoms with Crippen LogP contribution in [0, 0.1) is 0 Å². The molecule has 0 amide bonds. The van der Waals surface area contributed by atoms with Crippen molar-refractivity contribution in [2.75, 3.05) is 0 Å². The minimum Gasteiger partial charge on any atom is -0.444 e. The molecule has 4 rings (SSSR count). The molecule has 6 nitrogen and oxygen atoms in total. The van der Waals surface area contributed by atoms with Crippen LogP contribution in [0.25, 0.3) is 22.5 Å². The SMILES string of the molecule is c1ccc(-c2nc(COn3nnc4ccccc43)co2)cc1. The molecule has 4 aromatic rings. The van der Waals surface area contributed by atoms with Gasteiger partial charge in [-0.15, -0.1) is 5.10 Å². The smallest absolute Gasteiger partial charge is 0.226 e. The fourth-order valence-corrected chi connectivity index (χ4v) is 2.16. The lowest BCUT2D eigenvalue weighted by molar-refractivity contribution is 0.0731. The molecule has 0 saturated heterocycles. The van der Waals surface area contributed by atoms with Crippen LogP contribution in [0.4, 0.5) is 0 Å². The fourth-order valence-electron chi connectivity index (χ4n) is 2.16. The van der Waals surface area contributed by atoms with Gasteiger partial charge in [-0.3, -0.25) is 0 Å². The molecule has 6 heteroatoms. The van der Waals surface area contributed by atoms with E-state index < -0.39 is 0 Å². The molecule has 2 aromatic heterocycles. The van der Waals surface area contributed by atoms with Crippen LogP contribution in [0.2, 0.25) is 0 Å². The number of aromatic nitrogens is 4. The van der Waals surface area contributed by atoms with Gasteiger partial charge in [-0.25, -0.2) is 4.98 Å². The van der Waals surface area contributed by atoms with Gasteiger partial charge in [0.05, 0.1) is 0 Å². The van der Waals surface area contributed by atoms with E-state index in [2.05, 4.69) is 15.3 Å². The highest BCUT2D eigenvalue weighted by Gasteiger charge is 2.08. The number of fused-ring (bicyclic) bond motifs is 1. The second-order valence-corrected chi connectivity index (χ2v) is 4.73. The van der Waals surface area contributed by atoms with Crippen LogP contribution in [0.3, 0.4) is 0 Å². The van der Waals surface area contributed by atoms with Crippen molar-refractivity contribution in [3.05, 3.63) is 66.6 Å². The number of benzene rings is 2. The van der Waals surface area contributed by atoms with Crippen molar-refractivity contribution in [1.29, 1.82) is 0 Å². The quantitative estimate of drug-likeness (QED) is 0.578. The van der Waals surface area contributed by atoms with E-state index in [1.165, 1.54) is 4.85 Å². The van der Waals surface area contributed by atoms with E-state index in [9.17, 15) is 0 Å². The summed E-state index contributed by atoms with van der Waals surface area (Å²) < 4.78 is 5.47. The van der Waals surface area contributed by atoms with Gasteiger partial charge in [-0.1, -0.05) is 35.2 Å². The zero-order valence-electron chi connectivity index (χ0n) is 11.6. The molecule has 0 N–H and O–H groups in total. The van der Waals surface area contributed by atoms with Gasteiger partial charge in [0, 0.05) is 5.56 Å². The van der Waals surface area contributed by atoms with Crippen LogP contribution in [0.1, 0.15) is 5.69 Å². The highest BCUT2D eigenvalue weighted by atomic mass is 16.7. The Morgan fingerprint density at radius 3 is 2.73 bits per heavy atom. The molecular formula is C16H12N4O2. The van der Waals surface area contributed by atoms with Crippen LogP contribution in [0.15, 0.2) is 65.3 Å². The predicted octanol–water partition coefficient (Wildman–Crippen LogP) is 2.72. The number of nitrogens with zero attached hydrogens (tertiary/aromatic N) is 4. The molecule has 0 aliphatic carbocycles. The molecule has 2 aromatic carbocycles. The van der Waals surface area contributed by atoms with Gasteiger partial charge in [0.2, 0.25) is 5.89 Å². The third kappa shape index (κ3) is 2.31. The van der Waals surface area contributed by atoms with Gasteiger partial charge in [-0.2, -0.15) is 0 Å². The minimum absolute atomic E-state index is 0.254. The molecule has 0 bridgehead atoms. The zero-order valence-corrected chi connectivity index (χ0v) is 11.6. The zero-order chi connectivity index (χ0) is 14.8. The average Bonchev–Trinajstić information content (AvgIpc) is 3.21. The first kappa shape index (κ1) is 12.6. The highest BCUT2D eigenvalue weighted by Crippen LogP contribution is 2.18. The molecule has 0 saturated carbocycles. The number of rotatable bonds is 4. The predicted molar refractivity (Wildman–Crippen MR) is 79.8 cm³/mol. The van der Waals surface area contributed by atoms with E-state index in [4.69, 9.17) is 9.25 Å². The normalized spacial score (nSPS) is 10.9. The average molecular weight is 292 g/mol. The van der Waals surface area contributed by atoms with Gasteiger partial charge in [0.1, 0.15) is 23.0 Å². The largest absolute Gasteiger partial charge is 0.444 e. The van der Waals surface area contributed by atoms with Gasteiger partial charge < -0.3 is 9.25 Å². The van der Waals surface area contributed by atoms with Crippen LogP contribution < -0.4 is 4.84 Å². The first-order chi connectivity index (χ1) is 10.9. The van der Waals surface area contributed by atoms with E-state index >= 15 is 0 Å². The van der Waals surface area contributed by atoms with Crippen molar-refractivity contribution in [2.45, 2.75) is 6.61 Å². The van der Waals surface area contributed by atoms with Gasteiger partial charge in [0.25, 0.3) is 0 Å². The molecule has 0 radical (unpaired) electrons. The summed E-state index contributed by atoms with van der Waals surface area (Å²) in [6.07, 6.45) is 1.58. The summed E-state index contributed by atoms with van der Waals surface area (Å²) in [6, 6.07) is 17.3. The first-order valence-corrected chi connectivity index (χ1v) is 6.84. The summed E-state index contributed by atoms with van der Waals surface area (Å²) in [6.45, 7) is 0.254. The molecule has 22 heavy (non-hydrogen) atoms. The summed E-state index contributed by atoms with van der Waals surface area (Å²) in [5, 5.41) is 7.99. The van der Waals surface area contributed by atoms with Gasteiger partial charge >= 0.3 is 0 Å². The molecular weight excluding hydrogens is 280 g/mol. The lowest BCUT2D eigenvalue weighted by Gasteiger charge is -2.02. The van der Waals surface area contributed by atoms with Crippen LogP contribution in [-0.2, 0) is 6.61 Å². The Balaban J connectivity index is 1.52. The Hall–Kier alpha value is -3.15. The third-order valence-electron chi connectivity index (χ3n) is 3.23. The highest BCUT2D eigenvalue weighted by molar-refractivity contribution is 5.73. The lowest BCUT2D eigenvalue weighted by Crippen LogP contribution is -2.12. The Morgan fingerprint density at radius 2 is 1.82 bits per heavy atom. The maximum Gasteiger partial charge on any atom is 0.226 e. The molecule has 0 unspecified atom stereocenters. The second-order valence-electron chi connectivity index (χ2n) is 4.73. The Kier molecular flexibility index (Phi) is 3.05. The number of para-hydroxylation sites is 1. The fraction of sp³-hybridized carbons (Fsp3) is 0.0625. The Morgan fingerprint density at radius 1 is 1.00 bits per heavy atom. The van der Waals surface area contributed by atoms with Gasteiger partial charge in [-0.05, 0) is 29.5 Å². The summed E-state index contributed by atoms with van der Waals surface area (Å²) in [7, 11) is 0. The topological polar surface area (TPSA) is 66.0 Å². The van der Waals surface area contributed by atoms with E-state index in [-0.39, 0.29) is 6.61 Å². The maximum absolute atomic E-state index is 5.62. The lowest BCUT2D eigenvalue weighted by atomic mass is 10.2. The van der Waals surface area contributed by atoms with Crippen molar-refractivity contribution >= 4 is 11.0 Å². The summed E-state index contributed by atoms with van der Waals surface area (Å²) in [4.78, 5) is 11.4. The summed E-state index contributed by atoms with van der Waals surface area (Å²) in [5.41, 5.74) is 3.22. The summed E-state index contributed by atoms with van der Waals surface area (Å²) >= 11 is 0. The van der Waals surface area contributed by atoms with Crippen molar-refractivity contribution in [3.8, 4) is 11.5 Å². The summed E-state index contributed by atoms with van der Waals surface area (Å²) in [5.74, 6) is 0.572. The van der Waals surface area contributed by atoms with Gasteiger partial charge in [0.15, 0.2) is 6.61 Å².